The van der Waals surface area contributed by atoms with E-state index in [0.29, 0.717) is 16.7 Å². The molecule has 3 aromatic heterocycles. The van der Waals surface area contributed by atoms with E-state index in [9.17, 15) is 20.1 Å². The maximum absolute atomic E-state index is 13.6. The zero-order valence-corrected chi connectivity index (χ0v) is 38.3. The molecule has 14 rings (SSSR count). The first-order chi connectivity index (χ1) is 35.4. The van der Waals surface area contributed by atoms with Gasteiger partial charge in [0.2, 0.25) is 0 Å². The molecule has 334 valence electrons. The summed E-state index contributed by atoms with van der Waals surface area (Å²) in [6.45, 7) is 0. The van der Waals surface area contributed by atoms with Gasteiger partial charge in [-0.3, -0.25) is 9.59 Å². The van der Waals surface area contributed by atoms with E-state index < -0.39 is 11.8 Å². The molecule has 2 amide bonds. The molecular formula is C64H36N6O2. The largest absolute Gasteiger partial charge is 0.309 e. The third-order valence-corrected chi connectivity index (χ3v) is 14.4. The van der Waals surface area contributed by atoms with E-state index in [1.54, 1.807) is 36.4 Å². The fourth-order valence-electron chi connectivity index (χ4n) is 11.1. The summed E-state index contributed by atoms with van der Waals surface area (Å²) >= 11 is 0. The number of aromatic nitrogens is 3. The SMILES string of the molecule is N#Cc1ccc(-n2c3ccccc3c3cc(-c4ccc5c(c4)c4cc(-c6ccc7c(c6)c6ccccc6n7-c6ccccc6)ccc4n5-c4ccc(N5C(=O)c6ccccc6C5=O)c(C#N)c4)ccc32)cc1. The van der Waals surface area contributed by atoms with Crippen LogP contribution in [0.5, 0.6) is 0 Å². The number of rotatable bonds is 6. The van der Waals surface area contributed by atoms with Crippen molar-refractivity contribution in [2.45, 2.75) is 0 Å². The van der Waals surface area contributed by atoms with Gasteiger partial charge in [0.15, 0.2) is 0 Å². The van der Waals surface area contributed by atoms with Crippen LogP contribution in [0.15, 0.2) is 218 Å². The standard InChI is InChI=1S/C64H36N6O2/c65-37-39-18-24-46(25-19-39)68-58-17-9-7-13-49(58)53-34-41(21-28-60(53)68)43-23-30-62-55(36-43)54-35-42(40-20-27-59-52(33-40)48-12-6-8-16-57(48)67(59)45-10-2-1-3-11-45)22-29-61(54)69(62)47-26-31-56(44(32-47)38-66)70-63(71)50-14-4-5-15-51(50)64(70)72/h1-36H. The summed E-state index contributed by atoms with van der Waals surface area (Å²) in [6, 6.07) is 78.3. The summed E-state index contributed by atoms with van der Waals surface area (Å²) in [5.41, 5.74) is 15.0. The van der Waals surface area contributed by atoms with Crippen molar-refractivity contribution in [1.82, 2.24) is 13.7 Å². The monoisotopic (exact) mass is 920 g/mol. The normalized spacial score (nSPS) is 12.4. The number of hydrogen-bond acceptors (Lipinski definition) is 4. The Kier molecular flexibility index (Phi) is 8.85. The lowest BCUT2D eigenvalue weighted by molar-refractivity contribution is 0.0926. The lowest BCUT2D eigenvalue weighted by Crippen LogP contribution is -2.30. The van der Waals surface area contributed by atoms with Crippen molar-refractivity contribution in [3.8, 4) is 51.5 Å². The summed E-state index contributed by atoms with van der Waals surface area (Å²) in [5, 5.41) is 26.8. The van der Waals surface area contributed by atoms with Gasteiger partial charge in [0, 0.05) is 49.4 Å². The molecule has 13 aromatic rings. The van der Waals surface area contributed by atoms with Crippen LogP contribution in [0, 0.1) is 22.7 Å². The molecule has 10 aromatic carbocycles. The van der Waals surface area contributed by atoms with Gasteiger partial charge in [0.1, 0.15) is 6.07 Å². The van der Waals surface area contributed by atoms with Gasteiger partial charge in [-0.1, -0.05) is 91.0 Å². The summed E-state index contributed by atoms with van der Waals surface area (Å²) in [4.78, 5) is 28.4. The van der Waals surface area contributed by atoms with Crippen molar-refractivity contribution in [3.05, 3.63) is 241 Å². The topological polar surface area (TPSA) is 99.8 Å². The predicted octanol–water partition coefficient (Wildman–Crippen LogP) is 14.9. The molecule has 0 fully saturated rings. The van der Waals surface area contributed by atoms with E-state index in [2.05, 4.69) is 171 Å². The van der Waals surface area contributed by atoms with Crippen LogP contribution in [0.4, 0.5) is 5.69 Å². The van der Waals surface area contributed by atoms with Gasteiger partial charge in [-0.05, 0) is 150 Å². The zero-order valence-electron chi connectivity index (χ0n) is 38.3. The van der Waals surface area contributed by atoms with Crippen LogP contribution in [0.2, 0.25) is 0 Å². The van der Waals surface area contributed by atoms with Crippen LogP contribution in [0.3, 0.4) is 0 Å². The maximum Gasteiger partial charge on any atom is 0.266 e. The summed E-state index contributed by atoms with van der Waals surface area (Å²) < 4.78 is 6.74. The molecule has 1 aliphatic heterocycles. The number of para-hydroxylation sites is 3. The van der Waals surface area contributed by atoms with Crippen molar-refractivity contribution >= 4 is 82.9 Å². The summed E-state index contributed by atoms with van der Waals surface area (Å²) in [7, 11) is 0. The average Bonchev–Trinajstić information content (AvgIpc) is 4.14. The Hall–Kier alpha value is -10.3. The van der Waals surface area contributed by atoms with Crippen LogP contribution in [-0.4, -0.2) is 25.5 Å². The zero-order chi connectivity index (χ0) is 48.2. The fourth-order valence-corrected chi connectivity index (χ4v) is 11.1. The van der Waals surface area contributed by atoms with E-state index in [4.69, 9.17) is 0 Å². The Morgan fingerprint density at radius 3 is 1.18 bits per heavy atom. The van der Waals surface area contributed by atoms with Crippen LogP contribution in [0.1, 0.15) is 31.8 Å². The van der Waals surface area contributed by atoms with E-state index in [0.717, 1.165) is 104 Å². The molecule has 0 spiro atoms. The molecule has 0 radical (unpaired) electrons. The smallest absolute Gasteiger partial charge is 0.266 e. The highest BCUT2D eigenvalue weighted by atomic mass is 16.2. The van der Waals surface area contributed by atoms with Crippen molar-refractivity contribution < 1.29 is 9.59 Å². The fraction of sp³-hybridized carbons (Fsp3) is 0. The predicted molar refractivity (Wildman–Crippen MR) is 287 cm³/mol. The molecular weight excluding hydrogens is 885 g/mol. The second-order valence-corrected chi connectivity index (χ2v) is 18.3. The molecule has 0 saturated carbocycles. The highest BCUT2D eigenvalue weighted by Crippen LogP contribution is 2.42. The minimum Gasteiger partial charge on any atom is -0.309 e. The van der Waals surface area contributed by atoms with Gasteiger partial charge in [-0.25, -0.2) is 4.90 Å². The van der Waals surface area contributed by atoms with Crippen molar-refractivity contribution in [3.63, 3.8) is 0 Å². The minimum atomic E-state index is -0.448. The molecule has 0 aliphatic carbocycles. The quantitative estimate of drug-likeness (QED) is 0.155. The van der Waals surface area contributed by atoms with E-state index in [1.165, 1.54) is 5.39 Å². The average molecular weight is 921 g/mol. The molecule has 0 bridgehead atoms. The Bertz CT molecular complexity index is 4540. The Balaban J connectivity index is 0.953. The number of anilines is 1. The number of hydrogen-bond donors (Lipinski definition) is 0. The molecule has 0 N–H and O–H groups in total. The van der Waals surface area contributed by atoms with Gasteiger partial charge in [0.05, 0.1) is 67.1 Å². The summed E-state index contributed by atoms with van der Waals surface area (Å²) in [6.07, 6.45) is 0. The first-order valence-electron chi connectivity index (χ1n) is 23.7. The van der Waals surface area contributed by atoms with Gasteiger partial charge in [-0.15, -0.1) is 0 Å². The molecule has 0 saturated heterocycles. The molecule has 4 heterocycles. The number of nitrogens with zero attached hydrogens (tertiary/aromatic N) is 6. The number of carbonyl (C=O) groups excluding carboxylic acids is 2. The first-order valence-corrected chi connectivity index (χ1v) is 23.7. The second-order valence-electron chi connectivity index (χ2n) is 18.3. The Morgan fingerprint density at radius 1 is 0.319 bits per heavy atom. The lowest BCUT2D eigenvalue weighted by Gasteiger charge is -2.17. The van der Waals surface area contributed by atoms with Crippen LogP contribution >= 0.6 is 0 Å². The van der Waals surface area contributed by atoms with Gasteiger partial charge >= 0.3 is 0 Å². The summed E-state index contributed by atoms with van der Waals surface area (Å²) in [5.74, 6) is -0.895. The van der Waals surface area contributed by atoms with Crippen molar-refractivity contribution in [1.29, 1.82) is 10.5 Å². The number of amides is 2. The molecule has 0 atom stereocenters. The van der Waals surface area contributed by atoms with E-state index in [-0.39, 0.29) is 11.3 Å². The molecule has 8 nitrogen and oxygen atoms in total. The van der Waals surface area contributed by atoms with Crippen molar-refractivity contribution in [2.24, 2.45) is 0 Å². The maximum atomic E-state index is 13.6. The molecule has 8 heteroatoms. The second kappa shape index (κ2) is 15.6. The van der Waals surface area contributed by atoms with Crippen LogP contribution in [-0.2, 0) is 0 Å². The third-order valence-electron chi connectivity index (χ3n) is 14.4. The van der Waals surface area contributed by atoms with Crippen molar-refractivity contribution in [2.75, 3.05) is 4.90 Å². The Labute approximate surface area is 411 Å². The number of nitriles is 2. The van der Waals surface area contributed by atoms with Crippen LogP contribution in [0.25, 0.3) is 105 Å². The number of carbonyl (C=O) groups is 2. The highest BCUT2D eigenvalue weighted by molar-refractivity contribution is 6.34. The first kappa shape index (κ1) is 40.8. The van der Waals surface area contributed by atoms with E-state index >= 15 is 0 Å². The number of fused-ring (bicyclic) bond motifs is 10. The van der Waals surface area contributed by atoms with Gasteiger partial charge in [-0.2, -0.15) is 10.5 Å². The Morgan fingerprint density at radius 2 is 0.708 bits per heavy atom. The molecule has 1 aliphatic rings. The van der Waals surface area contributed by atoms with E-state index in [1.807, 2.05) is 36.4 Å². The van der Waals surface area contributed by atoms with Crippen LogP contribution < -0.4 is 4.90 Å². The molecule has 0 unspecified atom stereocenters. The number of imide groups is 1. The lowest BCUT2D eigenvalue weighted by atomic mass is 9.98. The molecule has 72 heavy (non-hydrogen) atoms. The minimum absolute atomic E-state index is 0.210. The van der Waals surface area contributed by atoms with Gasteiger partial charge in [0.25, 0.3) is 11.8 Å². The number of benzene rings is 10. The van der Waals surface area contributed by atoms with Gasteiger partial charge < -0.3 is 13.7 Å². The highest BCUT2D eigenvalue weighted by Gasteiger charge is 2.37. The third kappa shape index (κ3) is 5.97.